The zero-order valence-electron chi connectivity index (χ0n) is 19.5. The van der Waals surface area contributed by atoms with E-state index in [0.29, 0.717) is 50.5 Å². The SMILES string of the molecule is Cc1ccc(NC(=O)C2CCN(C(=O)c3nnn4c3CO[C@H](c3ccc(C)cc3)C4)CC2)cc1. The highest BCUT2D eigenvalue weighted by Gasteiger charge is 2.33. The van der Waals surface area contributed by atoms with Gasteiger partial charge in [-0.25, -0.2) is 4.68 Å². The minimum Gasteiger partial charge on any atom is -0.365 e. The molecular weight excluding hydrogens is 430 g/mol. The van der Waals surface area contributed by atoms with Gasteiger partial charge in [-0.05, 0) is 44.4 Å². The number of benzene rings is 2. The summed E-state index contributed by atoms with van der Waals surface area (Å²) < 4.78 is 7.84. The second-order valence-corrected chi connectivity index (χ2v) is 9.20. The molecule has 2 aliphatic heterocycles. The number of rotatable bonds is 4. The van der Waals surface area contributed by atoms with Crippen LogP contribution in [0, 0.1) is 19.8 Å². The first-order valence-electron chi connectivity index (χ1n) is 11.8. The first kappa shape index (κ1) is 22.3. The van der Waals surface area contributed by atoms with Crippen molar-refractivity contribution in [3.8, 4) is 0 Å². The van der Waals surface area contributed by atoms with E-state index >= 15 is 0 Å². The fraction of sp³-hybridized carbons (Fsp3) is 0.385. The van der Waals surface area contributed by atoms with Gasteiger partial charge in [-0.2, -0.15) is 0 Å². The average Bonchev–Trinajstić information content (AvgIpc) is 3.29. The number of ether oxygens (including phenoxy) is 1. The van der Waals surface area contributed by atoms with Crippen LogP contribution in [0.4, 0.5) is 5.69 Å². The first-order chi connectivity index (χ1) is 16.5. The number of nitrogens with zero attached hydrogens (tertiary/aromatic N) is 4. The van der Waals surface area contributed by atoms with E-state index in [1.807, 2.05) is 31.2 Å². The van der Waals surface area contributed by atoms with Gasteiger partial charge in [0, 0.05) is 24.7 Å². The topological polar surface area (TPSA) is 89.4 Å². The van der Waals surface area contributed by atoms with Crippen molar-refractivity contribution in [2.75, 3.05) is 18.4 Å². The summed E-state index contributed by atoms with van der Waals surface area (Å²) in [5, 5.41) is 11.4. The van der Waals surface area contributed by atoms with Crippen LogP contribution in [0.1, 0.15) is 51.8 Å². The molecule has 34 heavy (non-hydrogen) atoms. The molecule has 0 unspecified atom stereocenters. The molecule has 1 N–H and O–H groups in total. The Balaban J connectivity index is 1.18. The third-order valence-electron chi connectivity index (χ3n) is 6.72. The highest BCUT2D eigenvalue weighted by atomic mass is 16.5. The molecule has 1 atom stereocenters. The number of anilines is 1. The summed E-state index contributed by atoms with van der Waals surface area (Å²) in [5.74, 6) is -0.249. The molecule has 8 heteroatoms. The normalized spacial score (nSPS) is 18.4. The molecule has 0 bridgehead atoms. The number of fused-ring (bicyclic) bond motifs is 1. The molecule has 0 aliphatic carbocycles. The molecule has 2 aliphatic rings. The fourth-order valence-electron chi connectivity index (χ4n) is 4.54. The molecule has 0 saturated carbocycles. The summed E-state index contributed by atoms with van der Waals surface area (Å²) in [6.45, 7) is 5.92. The second-order valence-electron chi connectivity index (χ2n) is 9.20. The van der Waals surface area contributed by atoms with Crippen LogP contribution in [0.5, 0.6) is 0 Å². The minimum atomic E-state index is -0.143. The van der Waals surface area contributed by atoms with Crippen LogP contribution >= 0.6 is 0 Å². The van der Waals surface area contributed by atoms with Crippen LogP contribution in [0.15, 0.2) is 48.5 Å². The Hall–Kier alpha value is -3.52. The van der Waals surface area contributed by atoms with E-state index in [1.165, 1.54) is 5.56 Å². The highest BCUT2D eigenvalue weighted by Crippen LogP contribution is 2.28. The number of piperidine rings is 1. The molecule has 8 nitrogen and oxygen atoms in total. The Kier molecular flexibility index (Phi) is 6.15. The van der Waals surface area contributed by atoms with Gasteiger partial charge < -0.3 is 15.0 Å². The molecule has 0 radical (unpaired) electrons. The van der Waals surface area contributed by atoms with Crippen molar-refractivity contribution in [1.82, 2.24) is 19.9 Å². The predicted octanol–water partition coefficient (Wildman–Crippen LogP) is 3.66. The van der Waals surface area contributed by atoms with E-state index in [-0.39, 0.29) is 23.8 Å². The quantitative estimate of drug-likeness (QED) is 0.643. The smallest absolute Gasteiger partial charge is 0.276 e. The molecule has 176 valence electrons. The van der Waals surface area contributed by atoms with E-state index in [2.05, 4.69) is 46.8 Å². The predicted molar refractivity (Wildman–Crippen MR) is 127 cm³/mol. The second kappa shape index (κ2) is 9.38. The Bertz CT molecular complexity index is 1180. The number of nitrogens with one attached hydrogen (secondary N) is 1. The molecule has 1 aromatic heterocycles. The van der Waals surface area contributed by atoms with Gasteiger partial charge in [0.05, 0.1) is 18.8 Å². The summed E-state index contributed by atoms with van der Waals surface area (Å²) in [4.78, 5) is 27.6. The summed E-state index contributed by atoms with van der Waals surface area (Å²) >= 11 is 0. The molecule has 5 rings (SSSR count). The van der Waals surface area contributed by atoms with E-state index in [4.69, 9.17) is 4.74 Å². The third-order valence-corrected chi connectivity index (χ3v) is 6.72. The van der Waals surface area contributed by atoms with Crippen molar-refractivity contribution in [3.05, 3.63) is 76.6 Å². The zero-order valence-corrected chi connectivity index (χ0v) is 19.5. The van der Waals surface area contributed by atoms with E-state index in [9.17, 15) is 9.59 Å². The van der Waals surface area contributed by atoms with Gasteiger partial charge in [0.25, 0.3) is 5.91 Å². The molecule has 3 aromatic rings. The van der Waals surface area contributed by atoms with E-state index < -0.39 is 0 Å². The van der Waals surface area contributed by atoms with Crippen molar-refractivity contribution in [2.24, 2.45) is 5.92 Å². The van der Waals surface area contributed by atoms with Gasteiger partial charge in [-0.1, -0.05) is 52.7 Å². The Morgan fingerprint density at radius 2 is 1.62 bits per heavy atom. The number of aromatic nitrogens is 3. The zero-order chi connectivity index (χ0) is 23.7. The van der Waals surface area contributed by atoms with Crippen LogP contribution in [-0.2, 0) is 22.7 Å². The van der Waals surface area contributed by atoms with E-state index in [0.717, 1.165) is 16.8 Å². The molecule has 2 amide bonds. The number of aryl methyl sites for hydroxylation is 2. The van der Waals surface area contributed by atoms with Crippen LogP contribution in [-0.4, -0.2) is 44.8 Å². The number of amides is 2. The molecule has 1 saturated heterocycles. The van der Waals surface area contributed by atoms with Crippen molar-refractivity contribution in [1.29, 1.82) is 0 Å². The van der Waals surface area contributed by atoms with Gasteiger partial charge in [0.15, 0.2) is 5.69 Å². The lowest BCUT2D eigenvalue weighted by molar-refractivity contribution is -0.121. The summed E-state index contributed by atoms with van der Waals surface area (Å²) in [6.07, 6.45) is 1.14. The number of likely N-dealkylation sites (tertiary alicyclic amines) is 1. The van der Waals surface area contributed by atoms with Gasteiger partial charge in [0.1, 0.15) is 6.10 Å². The number of carbonyl (C=O) groups excluding carboxylic acids is 2. The Morgan fingerprint density at radius 3 is 2.29 bits per heavy atom. The summed E-state index contributed by atoms with van der Waals surface area (Å²) in [5.41, 5.74) is 5.30. The van der Waals surface area contributed by atoms with Gasteiger partial charge in [0.2, 0.25) is 5.91 Å². The molecule has 1 fully saturated rings. The van der Waals surface area contributed by atoms with Crippen molar-refractivity contribution < 1.29 is 14.3 Å². The number of hydrogen-bond acceptors (Lipinski definition) is 5. The maximum atomic E-state index is 13.2. The monoisotopic (exact) mass is 459 g/mol. The molecule has 2 aromatic carbocycles. The van der Waals surface area contributed by atoms with Crippen LogP contribution < -0.4 is 5.32 Å². The lowest BCUT2D eigenvalue weighted by Crippen LogP contribution is -2.42. The number of hydrogen-bond donors (Lipinski definition) is 1. The lowest BCUT2D eigenvalue weighted by Gasteiger charge is -2.31. The molecular formula is C26H29N5O3. The number of carbonyl (C=O) groups is 2. The van der Waals surface area contributed by atoms with Crippen LogP contribution in [0.3, 0.4) is 0 Å². The maximum absolute atomic E-state index is 13.2. The standard InChI is InChI=1S/C26H29N5O3/c1-17-3-7-19(8-4-17)23-15-31-22(16-34-23)24(28-29-31)26(33)30-13-11-20(12-14-30)25(32)27-21-9-5-18(2)6-10-21/h3-10,20,23H,11-16H2,1-2H3,(H,27,32)/t23-/m0/s1. The largest absolute Gasteiger partial charge is 0.365 e. The third kappa shape index (κ3) is 4.59. The summed E-state index contributed by atoms with van der Waals surface area (Å²) in [7, 11) is 0. The molecule has 3 heterocycles. The van der Waals surface area contributed by atoms with Gasteiger partial charge in [-0.3, -0.25) is 9.59 Å². The molecule has 0 spiro atoms. The Labute approximate surface area is 198 Å². The first-order valence-corrected chi connectivity index (χ1v) is 11.8. The van der Waals surface area contributed by atoms with Gasteiger partial charge >= 0.3 is 0 Å². The maximum Gasteiger partial charge on any atom is 0.276 e. The average molecular weight is 460 g/mol. The minimum absolute atomic E-state index is 0.00698. The highest BCUT2D eigenvalue weighted by molar-refractivity contribution is 5.94. The fourth-order valence-corrected chi connectivity index (χ4v) is 4.54. The van der Waals surface area contributed by atoms with Crippen molar-refractivity contribution >= 4 is 17.5 Å². The van der Waals surface area contributed by atoms with Crippen molar-refractivity contribution in [3.63, 3.8) is 0 Å². The lowest BCUT2D eigenvalue weighted by atomic mass is 9.95. The van der Waals surface area contributed by atoms with Crippen LogP contribution in [0.25, 0.3) is 0 Å². The summed E-state index contributed by atoms with van der Waals surface area (Å²) in [6, 6.07) is 16.0. The Morgan fingerprint density at radius 1 is 0.971 bits per heavy atom. The van der Waals surface area contributed by atoms with Crippen LogP contribution in [0.2, 0.25) is 0 Å². The van der Waals surface area contributed by atoms with Crippen molar-refractivity contribution in [2.45, 2.75) is 45.9 Å². The van der Waals surface area contributed by atoms with E-state index in [1.54, 1.807) is 9.58 Å². The van der Waals surface area contributed by atoms with Gasteiger partial charge in [-0.15, -0.1) is 5.10 Å².